The molecule has 18 heavy (non-hydrogen) atoms. The van der Waals surface area contributed by atoms with Gasteiger partial charge in [0, 0.05) is 5.56 Å². The molecule has 96 valence electrons. The van der Waals surface area contributed by atoms with Crippen molar-refractivity contribution < 1.29 is 14.7 Å². The molecule has 2 rings (SSSR count). The number of carbonyl (C=O) groups excluding carboxylic acids is 1. The molecule has 4 heteroatoms. The number of benzene rings is 1. The fraction of sp³-hybridized carbons (Fsp3) is 0.429. The topological polar surface area (TPSA) is 66.4 Å². The van der Waals surface area contributed by atoms with Crippen molar-refractivity contribution in [3.8, 4) is 0 Å². The molecule has 0 atom stereocenters. The summed E-state index contributed by atoms with van der Waals surface area (Å²) in [6.45, 7) is 2.10. The molecule has 1 aliphatic rings. The minimum absolute atomic E-state index is 0.307. The van der Waals surface area contributed by atoms with Gasteiger partial charge >= 0.3 is 5.97 Å². The second kappa shape index (κ2) is 4.80. The van der Waals surface area contributed by atoms with E-state index >= 15 is 0 Å². The lowest BCUT2D eigenvalue weighted by Crippen LogP contribution is -2.43. The highest BCUT2D eigenvalue weighted by Gasteiger charge is 2.51. The number of carboxylic acids is 1. The van der Waals surface area contributed by atoms with Crippen LogP contribution in [-0.4, -0.2) is 22.5 Å². The molecule has 1 aliphatic carbocycles. The van der Waals surface area contributed by atoms with Crippen LogP contribution in [0.15, 0.2) is 24.3 Å². The van der Waals surface area contributed by atoms with Gasteiger partial charge in [0.25, 0.3) is 5.91 Å². The Morgan fingerprint density at radius 1 is 1.28 bits per heavy atom. The van der Waals surface area contributed by atoms with Crippen molar-refractivity contribution >= 4 is 11.9 Å². The summed E-state index contributed by atoms with van der Waals surface area (Å²) in [5, 5.41) is 11.6. The Morgan fingerprint density at radius 2 is 1.89 bits per heavy atom. The fourth-order valence-electron chi connectivity index (χ4n) is 1.92. The first-order valence-corrected chi connectivity index (χ1v) is 6.22. The SMILES string of the molecule is CCCc1ccc(C(=O)NC2(C(=O)O)CC2)cc1. The van der Waals surface area contributed by atoms with Gasteiger partial charge in [-0.25, -0.2) is 4.79 Å². The smallest absolute Gasteiger partial charge is 0.329 e. The normalized spacial score (nSPS) is 16.1. The average molecular weight is 247 g/mol. The van der Waals surface area contributed by atoms with Gasteiger partial charge in [0.05, 0.1) is 0 Å². The van der Waals surface area contributed by atoms with Crippen LogP contribution in [0.2, 0.25) is 0 Å². The summed E-state index contributed by atoms with van der Waals surface area (Å²) >= 11 is 0. The molecule has 2 N–H and O–H groups in total. The van der Waals surface area contributed by atoms with Gasteiger partial charge < -0.3 is 10.4 Å². The zero-order chi connectivity index (χ0) is 13.2. The summed E-state index contributed by atoms with van der Waals surface area (Å²) < 4.78 is 0. The van der Waals surface area contributed by atoms with Crippen LogP contribution in [0, 0.1) is 0 Å². The lowest BCUT2D eigenvalue weighted by atomic mass is 10.1. The maximum absolute atomic E-state index is 11.9. The Balaban J connectivity index is 2.03. The van der Waals surface area contributed by atoms with E-state index in [1.54, 1.807) is 12.1 Å². The lowest BCUT2D eigenvalue weighted by Gasteiger charge is -2.12. The van der Waals surface area contributed by atoms with Gasteiger partial charge in [-0.3, -0.25) is 4.79 Å². The van der Waals surface area contributed by atoms with Gasteiger partial charge in [0.1, 0.15) is 5.54 Å². The van der Waals surface area contributed by atoms with E-state index in [9.17, 15) is 9.59 Å². The van der Waals surface area contributed by atoms with E-state index in [2.05, 4.69) is 12.2 Å². The highest BCUT2D eigenvalue weighted by Crippen LogP contribution is 2.35. The van der Waals surface area contributed by atoms with E-state index in [0.717, 1.165) is 12.8 Å². The molecule has 0 heterocycles. The minimum atomic E-state index is -1.01. The summed E-state index contributed by atoms with van der Waals surface area (Å²) in [5.41, 5.74) is 0.690. The molecule has 1 amide bonds. The summed E-state index contributed by atoms with van der Waals surface area (Å²) in [7, 11) is 0. The Labute approximate surface area is 106 Å². The predicted molar refractivity (Wildman–Crippen MR) is 67.5 cm³/mol. The maximum atomic E-state index is 11.9. The largest absolute Gasteiger partial charge is 0.480 e. The van der Waals surface area contributed by atoms with Crippen molar-refractivity contribution in [2.24, 2.45) is 0 Å². The van der Waals surface area contributed by atoms with Crippen LogP contribution in [0.3, 0.4) is 0 Å². The van der Waals surface area contributed by atoms with Gasteiger partial charge in [-0.05, 0) is 37.0 Å². The zero-order valence-corrected chi connectivity index (χ0v) is 10.4. The second-order valence-corrected chi connectivity index (χ2v) is 4.79. The van der Waals surface area contributed by atoms with E-state index in [1.807, 2.05) is 12.1 Å². The van der Waals surface area contributed by atoms with Gasteiger partial charge in [-0.15, -0.1) is 0 Å². The molecule has 1 aromatic carbocycles. The van der Waals surface area contributed by atoms with Crippen LogP contribution < -0.4 is 5.32 Å². The quantitative estimate of drug-likeness (QED) is 0.836. The summed E-state index contributed by atoms with van der Waals surface area (Å²) in [6.07, 6.45) is 3.08. The number of amides is 1. The third-order valence-corrected chi connectivity index (χ3v) is 3.27. The zero-order valence-electron chi connectivity index (χ0n) is 10.4. The molecule has 0 unspecified atom stereocenters. The van der Waals surface area contributed by atoms with Crippen molar-refractivity contribution in [1.82, 2.24) is 5.32 Å². The molecule has 0 radical (unpaired) electrons. The van der Waals surface area contributed by atoms with Crippen LogP contribution in [-0.2, 0) is 11.2 Å². The number of nitrogens with one attached hydrogen (secondary N) is 1. The number of hydrogen-bond acceptors (Lipinski definition) is 2. The Morgan fingerprint density at radius 3 is 2.33 bits per heavy atom. The molecular weight excluding hydrogens is 230 g/mol. The standard InChI is InChI=1S/C14H17NO3/c1-2-3-10-4-6-11(7-5-10)12(16)15-14(8-9-14)13(17)18/h4-7H,2-3,8-9H2,1H3,(H,15,16)(H,17,18). The molecule has 0 aliphatic heterocycles. The lowest BCUT2D eigenvalue weighted by molar-refractivity contribution is -0.140. The highest BCUT2D eigenvalue weighted by atomic mass is 16.4. The monoisotopic (exact) mass is 247 g/mol. The van der Waals surface area contributed by atoms with E-state index in [-0.39, 0.29) is 5.91 Å². The maximum Gasteiger partial charge on any atom is 0.329 e. The highest BCUT2D eigenvalue weighted by molar-refractivity contribution is 5.98. The van der Waals surface area contributed by atoms with Gasteiger partial charge in [-0.2, -0.15) is 0 Å². The molecule has 1 aromatic rings. The molecule has 0 saturated heterocycles. The summed E-state index contributed by atoms with van der Waals surface area (Å²) in [6, 6.07) is 7.33. The molecule has 0 aromatic heterocycles. The number of carbonyl (C=O) groups is 2. The van der Waals surface area contributed by atoms with Crippen LogP contribution in [0.4, 0.5) is 0 Å². The molecular formula is C14H17NO3. The summed E-state index contributed by atoms with van der Waals surface area (Å²) in [4.78, 5) is 22.9. The van der Waals surface area contributed by atoms with Crippen molar-refractivity contribution in [1.29, 1.82) is 0 Å². The van der Waals surface area contributed by atoms with Gasteiger partial charge in [0.15, 0.2) is 0 Å². The van der Waals surface area contributed by atoms with E-state index in [1.165, 1.54) is 5.56 Å². The van der Waals surface area contributed by atoms with Crippen molar-refractivity contribution in [3.05, 3.63) is 35.4 Å². The third-order valence-electron chi connectivity index (χ3n) is 3.27. The Kier molecular flexibility index (Phi) is 3.36. The molecule has 4 nitrogen and oxygen atoms in total. The number of rotatable bonds is 5. The molecule has 1 saturated carbocycles. The van der Waals surface area contributed by atoms with Crippen LogP contribution in [0.1, 0.15) is 42.1 Å². The Hall–Kier alpha value is -1.84. The number of carboxylic acid groups (broad SMARTS) is 1. The molecule has 0 spiro atoms. The first-order chi connectivity index (χ1) is 8.57. The average Bonchev–Trinajstić information content (AvgIpc) is 3.11. The Bertz CT molecular complexity index is 460. The van der Waals surface area contributed by atoms with Gasteiger partial charge in [-0.1, -0.05) is 25.5 Å². The first-order valence-electron chi connectivity index (χ1n) is 6.22. The predicted octanol–water partition coefficient (Wildman–Crippen LogP) is 1.99. The summed E-state index contributed by atoms with van der Waals surface area (Å²) in [5.74, 6) is -1.25. The molecule has 1 fully saturated rings. The van der Waals surface area contributed by atoms with Crippen LogP contribution in [0.25, 0.3) is 0 Å². The van der Waals surface area contributed by atoms with Gasteiger partial charge in [0.2, 0.25) is 0 Å². The second-order valence-electron chi connectivity index (χ2n) is 4.79. The van der Waals surface area contributed by atoms with Crippen molar-refractivity contribution in [2.75, 3.05) is 0 Å². The minimum Gasteiger partial charge on any atom is -0.480 e. The number of aryl methyl sites for hydroxylation is 1. The first kappa shape index (κ1) is 12.6. The third kappa shape index (κ3) is 2.53. The van der Waals surface area contributed by atoms with E-state index < -0.39 is 11.5 Å². The van der Waals surface area contributed by atoms with Crippen LogP contribution in [0.5, 0.6) is 0 Å². The van der Waals surface area contributed by atoms with E-state index in [4.69, 9.17) is 5.11 Å². The molecule has 0 bridgehead atoms. The van der Waals surface area contributed by atoms with Crippen molar-refractivity contribution in [3.63, 3.8) is 0 Å². The van der Waals surface area contributed by atoms with E-state index in [0.29, 0.717) is 18.4 Å². The number of hydrogen-bond donors (Lipinski definition) is 2. The fourth-order valence-corrected chi connectivity index (χ4v) is 1.92. The van der Waals surface area contributed by atoms with Crippen molar-refractivity contribution in [2.45, 2.75) is 38.1 Å². The van der Waals surface area contributed by atoms with Crippen LogP contribution >= 0.6 is 0 Å². The number of aliphatic carboxylic acids is 1.